The summed E-state index contributed by atoms with van der Waals surface area (Å²) in [7, 11) is 2.02. The molecule has 1 aliphatic heterocycles. The van der Waals surface area contributed by atoms with Crippen LogP contribution in [0.1, 0.15) is 33.6 Å². The summed E-state index contributed by atoms with van der Waals surface area (Å²) in [4.78, 5) is 2.35. The highest BCUT2D eigenvalue weighted by Crippen LogP contribution is 2.61. The molecule has 5 rings (SSSR count). The van der Waals surface area contributed by atoms with Crippen molar-refractivity contribution in [2.24, 2.45) is 23.2 Å². The van der Waals surface area contributed by atoms with Gasteiger partial charge in [-0.05, 0) is 43.1 Å². The number of nitrogens with one attached hydrogen (secondary N) is 2. The molecule has 4 atom stereocenters. The molecule has 0 amide bonds. The Hall–Kier alpha value is -1.36. The van der Waals surface area contributed by atoms with Crippen LogP contribution >= 0.6 is 0 Å². The van der Waals surface area contributed by atoms with Gasteiger partial charge in [-0.15, -0.1) is 5.10 Å². The van der Waals surface area contributed by atoms with Crippen LogP contribution in [-0.4, -0.2) is 42.4 Å². The lowest BCUT2D eigenvalue weighted by atomic mass is 9.45. The highest BCUT2D eigenvalue weighted by molar-refractivity contribution is 5.54. The first-order chi connectivity index (χ1) is 11.0. The minimum absolute atomic E-state index is 0.533. The van der Waals surface area contributed by atoms with Crippen LogP contribution in [-0.2, 0) is 0 Å². The van der Waals surface area contributed by atoms with Crippen LogP contribution in [0, 0.1) is 23.2 Å². The van der Waals surface area contributed by atoms with Crippen molar-refractivity contribution in [1.29, 1.82) is 0 Å². The van der Waals surface area contributed by atoms with E-state index in [1.54, 1.807) is 0 Å². The van der Waals surface area contributed by atoms with Crippen LogP contribution < -0.4 is 15.5 Å². The van der Waals surface area contributed by atoms with Crippen molar-refractivity contribution in [2.75, 3.05) is 30.4 Å². The summed E-state index contributed by atoms with van der Waals surface area (Å²) in [6.45, 7) is 9.41. The molecule has 0 spiro atoms. The van der Waals surface area contributed by atoms with E-state index in [2.05, 4.69) is 52.6 Å². The van der Waals surface area contributed by atoms with E-state index in [1.165, 1.54) is 18.5 Å². The Morgan fingerprint density at radius 3 is 2.70 bits per heavy atom. The molecule has 126 valence electrons. The smallest absolute Gasteiger partial charge is 0.150 e. The lowest BCUT2D eigenvalue weighted by molar-refractivity contribution is -0.105. The Labute approximate surface area is 139 Å². The van der Waals surface area contributed by atoms with Gasteiger partial charge in [0.25, 0.3) is 0 Å². The lowest BCUT2D eigenvalue weighted by Gasteiger charge is -2.62. The van der Waals surface area contributed by atoms with Gasteiger partial charge in [0.15, 0.2) is 5.82 Å². The maximum atomic E-state index is 4.32. The van der Waals surface area contributed by atoms with Crippen LogP contribution in [0.25, 0.3) is 0 Å². The van der Waals surface area contributed by atoms with E-state index in [0.717, 1.165) is 30.7 Å². The summed E-state index contributed by atoms with van der Waals surface area (Å²) in [6.07, 6.45) is 4.56. The van der Waals surface area contributed by atoms with Gasteiger partial charge < -0.3 is 15.5 Å². The monoisotopic (exact) mass is 315 g/mol. The molecule has 23 heavy (non-hydrogen) atoms. The molecular formula is C18H29N5. The highest BCUT2D eigenvalue weighted by atomic mass is 15.3. The number of nitrogens with zero attached hydrogens (tertiary/aromatic N) is 3. The number of fused-ring (bicyclic) bond motifs is 2. The Bertz CT molecular complexity index is 581. The van der Waals surface area contributed by atoms with Crippen molar-refractivity contribution in [3.8, 4) is 0 Å². The zero-order chi connectivity index (χ0) is 16.2. The zero-order valence-corrected chi connectivity index (χ0v) is 14.7. The van der Waals surface area contributed by atoms with E-state index in [-0.39, 0.29) is 0 Å². The average molecular weight is 315 g/mol. The van der Waals surface area contributed by atoms with Crippen LogP contribution in [0.4, 0.5) is 11.5 Å². The molecule has 4 fully saturated rings. The van der Waals surface area contributed by atoms with Crippen molar-refractivity contribution in [2.45, 2.75) is 45.7 Å². The summed E-state index contributed by atoms with van der Waals surface area (Å²) in [5.74, 6) is 3.36. The molecule has 2 heterocycles. The third kappa shape index (κ3) is 2.40. The van der Waals surface area contributed by atoms with Gasteiger partial charge in [-0.2, -0.15) is 5.10 Å². The number of hydrogen-bond acceptors (Lipinski definition) is 5. The molecular weight excluding hydrogens is 286 g/mol. The summed E-state index contributed by atoms with van der Waals surface area (Å²) in [5, 5.41) is 15.5. The molecule has 0 aromatic carbocycles. The fourth-order valence-corrected chi connectivity index (χ4v) is 5.00. The van der Waals surface area contributed by atoms with Crippen LogP contribution in [0.5, 0.6) is 0 Å². The molecule has 4 aliphatic rings. The minimum atomic E-state index is 0.533. The molecule has 3 aliphatic carbocycles. The summed E-state index contributed by atoms with van der Waals surface area (Å²) < 4.78 is 0. The standard InChI is InChI=1S/C18H29N5/c1-11-15-5-12(18(15,2)3)6-16(11)21-17-7-14(8-20-22-17)23-9-13(10-23)19-4/h7-8,11-13,15-16,19H,5-6,9-10H2,1-4H3,(H,21,22)/t11?,12-,15+,16?/m1/s1. The van der Waals surface area contributed by atoms with Crippen molar-refractivity contribution >= 4 is 11.5 Å². The molecule has 2 N–H and O–H groups in total. The number of likely N-dealkylation sites (N-methyl/N-ethyl adjacent to an activating group) is 1. The van der Waals surface area contributed by atoms with E-state index in [0.29, 0.717) is 23.4 Å². The van der Waals surface area contributed by atoms with Gasteiger partial charge in [-0.25, -0.2) is 0 Å². The first kappa shape index (κ1) is 15.2. The Morgan fingerprint density at radius 1 is 1.26 bits per heavy atom. The fraction of sp³-hybridized carbons (Fsp3) is 0.778. The van der Waals surface area contributed by atoms with Gasteiger partial charge in [0.2, 0.25) is 0 Å². The average Bonchev–Trinajstić information content (AvgIpc) is 2.48. The number of rotatable bonds is 4. The Balaban J connectivity index is 1.42. The van der Waals surface area contributed by atoms with Gasteiger partial charge in [-0.1, -0.05) is 20.8 Å². The molecule has 0 radical (unpaired) electrons. The largest absolute Gasteiger partial charge is 0.367 e. The van der Waals surface area contributed by atoms with E-state index < -0.39 is 0 Å². The van der Waals surface area contributed by atoms with Crippen molar-refractivity contribution in [3.05, 3.63) is 12.3 Å². The first-order valence-corrected chi connectivity index (χ1v) is 9.00. The minimum Gasteiger partial charge on any atom is -0.367 e. The molecule has 1 aromatic rings. The Kier molecular flexibility index (Phi) is 3.52. The van der Waals surface area contributed by atoms with E-state index >= 15 is 0 Å². The molecule has 2 unspecified atom stereocenters. The van der Waals surface area contributed by atoms with Crippen LogP contribution in [0.15, 0.2) is 12.3 Å². The lowest BCUT2D eigenvalue weighted by Crippen LogP contribution is -2.58. The predicted octanol–water partition coefficient (Wildman–Crippen LogP) is 2.37. The molecule has 3 saturated carbocycles. The molecule has 5 heteroatoms. The quantitative estimate of drug-likeness (QED) is 0.893. The summed E-state index contributed by atoms with van der Waals surface area (Å²) >= 11 is 0. The number of aromatic nitrogens is 2. The molecule has 2 bridgehead atoms. The van der Waals surface area contributed by atoms with Crippen LogP contribution in [0.2, 0.25) is 0 Å². The van der Waals surface area contributed by atoms with Gasteiger partial charge in [0.1, 0.15) is 0 Å². The summed E-state index contributed by atoms with van der Waals surface area (Å²) in [5.41, 5.74) is 1.72. The topological polar surface area (TPSA) is 53.1 Å². The summed E-state index contributed by atoms with van der Waals surface area (Å²) in [6, 6.07) is 3.31. The number of anilines is 2. The van der Waals surface area contributed by atoms with Crippen molar-refractivity contribution in [1.82, 2.24) is 15.5 Å². The van der Waals surface area contributed by atoms with E-state index in [9.17, 15) is 0 Å². The second-order valence-electron chi connectivity index (χ2n) is 8.40. The van der Waals surface area contributed by atoms with E-state index in [4.69, 9.17) is 0 Å². The van der Waals surface area contributed by atoms with Crippen molar-refractivity contribution in [3.63, 3.8) is 0 Å². The van der Waals surface area contributed by atoms with Gasteiger partial charge in [-0.3, -0.25) is 0 Å². The fourth-order valence-electron chi connectivity index (χ4n) is 5.00. The zero-order valence-electron chi connectivity index (χ0n) is 14.7. The molecule has 1 saturated heterocycles. The highest BCUT2D eigenvalue weighted by Gasteiger charge is 2.56. The van der Waals surface area contributed by atoms with E-state index in [1.807, 2.05) is 13.2 Å². The first-order valence-electron chi connectivity index (χ1n) is 9.00. The maximum absolute atomic E-state index is 4.32. The van der Waals surface area contributed by atoms with Gasteiger partial charge in [0.05, 0.1) is 11.9 Å². The normalized spacial score (nSPS) is 35.4. The SMILES string of the molecule is CNC1CN(c2cnnc(NC3C[C@H]4C[C@@H](C3C)C4(C)C)c2)C1. The second kappa shape index (κ2) is 5.33. The third-order valence-corrected chi connectivity index (χ3v) is 6.98. The number of hydrogen-bond donors (Lipinski definition) is 2. The predicted molar refractivity (Wildman–Crippen MR) is 93.7 cm³/mol. The van der Waals surface area contributed by atoms with Crippen molar-refractivity contribution < 1.29 is 0 Å². The molecule has 5 nitrogen and oxygen atoms in total. The van der Waals surface area contributed by atoms with Crippen LogP contribution in [0.3, 0.4) is 0 Å². The Morgan fingerprint density at radius 2 is 2.04 bits per heavy atom. The van der Waals surface area contributed by atoms with Gasteiger partial charge in [0, 0.05) is 31.2 Å². The maximum Gasteiger partial charge on any atom is 0.150 e. The third-order valence-electron chi connectivity index (χ3n) is 6.98. The molecule has 1 aromatic heterocycles. The second-order valence-corrected chi connectivity index (χ2v) is 8.40. The van der Waals surface area contributed by atoms with Gasteiger partial charge >= 0.3 is 0 Å².